The van der Waals surface area contributed by atoms with Gasteiger partial charge in [0.1, 0.15) is 6.10 Å². The predicted molar refractivity (Wildman–Crippen MR) is 35.5 cm³/mol. The molecule has 10 heavy (non-hydrogen) atoms. The van der Waals surface area contributed by atoms with Gasteiger partial charge in [-0.15, -0.1) is 5.92 Å². The van der Waals surface area contributed by atoms with Crippen molar-refractivity contribution in [1.29, 1.82) is 0 Å². The second-order valence-corrected chi connectivity index (χ2v) is 1.60. The van der Waals surface area contributed by atoms with Crippen molar-refractivity contribution in [3.8, 4) is 11.8 Å². The molecule has 56 valence electrons. The normalized spacial score (nSPS) is 11.0. The standard InChI is InChI=1S/C6H9NO3/c1-2-3-5(8)4-7-6(9)10/h5,7-8H,4H2,1H3,(H,9,10). The summed E-state index contributed by atoms with van der Waals surface area (Å²) in [5.74, 6) is 4.84. The van der Waals surface area contributed by atoms with Gasteiger partial charge in [0.15, 0.2) is 0 Å². The Labute approximate surface area is 58.9 Å². The van der Waals surface area contributed by atoms with Crippen LogP contribution in [0.3, 0.4) is 0 Å². The minimum absolute atomic E-state index is 0.0455. The Balaban J connectivity index is 3.46. The van der Waals surface area contributed by atoms with E-state index in [2.05, 4.69) is 11.8 Å². The van der Waals surface area contributed by atoms with E-state index in [1.807, 2.05) is 5.32 Å². The first kappa shape index (κ1) is 8.79. The van der Waals surface area contributed by atoms with Crippen LogP contribution >= 0.6 is 0 Å². The Morgan fingerprint density at radius 1 is 1.80 bits per heavy atom. The lowest BCUT2D eigenvalue weighted by Crippen LogP contribution is -2.29. The van der Waals surface area contributed by atoms with Gasteiger partial charge in [0.2, 0.25) is 0 Å². The fourth-order valence-electron chi connectivity index (χ4n) is 0.402. The topological polar surface area (TPSA) is 69.6 Å². The molecule has 3 N–H and O–H groups in total. The highest BCUT2D eigenvalue weighted by Gasteiger charge is 1.99. The summed E-state index contributed by atoms with van der Waals surface area (Å²) in [4.78, 5) is 9.84. The van der Waals surface area contributed by atoms with Crippen molar-refractivity contribution in [2.75, 3.05) is 6.54 Å². The van der Waals surface area contributed by atoms with Crippen molar-refractivity contribution < 1.29 is 15.0 Å². The van der Waals surface area contributed by atoms with E-state index in [9.17, 15) is 4.79 Å². The lowest BCUT2D eigenvalue weighted by Gasteiger charge is -2.00. The van der Waals surface area contributed by atoms with Gasteiger partial charge in [0.25, 0.3) is 0 Å². The molecule has 0 aromatic heterocycles. The first-order chi connectivity index (χ1) is 4.66. The molecule has 0 bridgehead atoms. The first-order valence-corrected chi connectivity index (χ1v) is 2.74. The molecule has 0 aromatic carbocycles. The smallest absolute Gasteiger partial charge is 0.404 e. The molecule has 0 spiro atoms. The Hall–Kier alpha value is -1.21. The molecule has 0 aliphatic heterocycles. The van der Waals surface area contributed by atoms with Gasteiger partial charge in [-0.1, -0.05) is 5.92 Å². The molecule has 4 heteroatoms. The number of amides is 1. The monoisotopic (exact) mass is 143 g/mol. The zero-order valence-electron chi connectivity index (χ0n) is 5.59. The van der Waals surface area contributed by atoms with Crippen LogP contribution in [0.15, 0.2) is 0 Å². The fraction of sp³-hybridized carbons (Fsp3) is 0.500. The predicted octanol–water partition coefficient (Wildman–Crippen LogP) is -0.362. The minimum Gasteiger partial charge on any atom is -0.465 e. The molecular formula is C6H9NO3. The summed E-state index contributed by atoms with van der Waals surface area (Å²) in [6, 6.07) is 0. The molecule has 0 aromatic rings. The van der Waals surface area contributed by atoms with Gasteiger partial charge < -0.3 is 15.5 Å². The van der Waals surface area contributed by atoms with Crippen molar-refractivity contribution >= 4 is 6.09 Å². The number of carboxylic acid groups (broad SMARTS) is 1. The highest BCUT2D eigenvalue weighted by molar-refractivity contribution is 5.64. The van der Waals surface area contributed by atoms with Crippen LogP contribution in [0.4, 0.5) is 4.79 Å². The highest BCUT2D eigenvalue weighted by atomic mass is 16.4. The van der Waals surface area contributed by atoms with Crippen molar-refractivity contribution in [2.45, 2.75) is 13.0 Å². The summed E-state index contributed by atoms with van der Waals surface area (Å²) in [5, 5.41) is 18.9. The van der Waals surface area contributed by atoms with Gasteiger partial charge in [-0.3, -0.25) is 0 Å². The van der Waals surface area contributed by atoms with Crippen molar-refractivity contribution in [1.82, 2.24) is 5.32 Å². The van der Waals surface area contributed by atoms with Gasteiger partial charge in [-0.2, -0.15) is 0 Å². The SMILES string of the molecule is CC#CC(O)CNC(=O)O. The fourth-order valence-corrected chi connectivity index (χ4v) is 0.402. The lowest BCUT2D eigenvalue weighted by atomic mass is 10.3. The number of aliphatic hydroxyl groups excluding tert-OH is 1. The van der Waals surface area contributed by atoms with Crippen LogP contribution in [0.2, 0.25) is 0 Å². The molecular weight excluding hydrogens is 134 g/mol. The average molecular weight is 143 g/mol. The quantitative estimate of drug-likeness (QED) is 0.462. The number of aliphatic hydroxyl groups is 1. The molecule has 0 radical (unpaired) electrons. The number of carbonyl (C=O) groups is 1. The summed E-state index contributed by atoms with van der Waals surface area (Å²) < 4.78 is 0. The van der Waals surface area contributed by atoms with Crippen LogP contribution in [0.5, 0.6) is 0 Å². The van der Waals surface area contributed by atoms with E-state index in [4.69, 9.17) is 10.2 Å². The molecule has 1 unspecified atom stereocenters. The van der Waals surface area contributed by atoms with E-state index >= 15 is 0 Å². The van der Waals surface area contributed by atoms with Crippen LogP contribution in [0.1, 0.15) is 6.92 Å². The molecule has 0 rings (SSSR count). The van der Waals surface area contributed by atoms with E-state index in [0.29, 0.717) is 0 Å². The van der Waals surface area contributed by atoms with Gasteiger partial charge in [-0.05, 0) is 6.92 Å². The van der Waals surface area contributed by atoms with Crippen LogP contribution < -0.4 is 5.32 Å². The highest BCUT2D eigenvalue weighted by Crippen LogP contribution is 1.75. The number of hydrogen-bond donors (Lipinski definition) is 3. The van der Waals surface area contributed by atoms with Crippen molar-refractivity contribution in [3.63, 3.8) is 0 Å². The molecule has 1 amide bonds. The first-order valence-electron chi connectivity index (χ1n) is 2.74. The number of rotatable bonds is 2. The summed E-state index contributed by atoms with van der Waals surface area (Å²) >= 11 is 0. The van der Waals surface area contributed by atoms with Crippen molar-refractivity contribution in [3.05, 3.63) is 0 Å². The second kappa shape index (κ2) is 4.65. The average Bonchev–Trinajstić information content (AvgIpc) is 1.85. The second-order valence-electron chi connectivity index (χ2n) is 1.60. The molecule has 0 aliphatic carbocycles. The molecule has 0 saturated heterocycles. The van der Waals surface area contributed by atoms with Gasteiger partial charge in [0.05, 0.1) is 6.54 Å². The molecule has 0 saturated carbocycles. The zero-order valence-corrected chi connectivity index (χ0v) is 5.59. The summed E-state index contributed by atoms with van der Waals surface area (Å²) in [7, 11) is 0. The van der Waals surface area contributed by atoms with E-state index in [0.717, 1.165) is 0 Å². The van der Waals surface area contributed by atoms with E-state index < -0.39 is 12.2 Å². The van der Waals surface area contributed by atoms with Crippen LogP contribution in [0, 0.1) is 11.8 Å². The Kier molecular flexibility index (Phi) is 4.09. The molecule has 1 atom stereocenters. The maximum absolute atomic E-state index is 9.84. The zero-order chi connectivity index (χ0) is 7.98. The maximum atomic E-state index is 9.84. The molecule has 0 fully saturated rings. The van der Waals surface area contributed by atoms with Gasteiger partial charge >= 0.3 is 6.09 Å². The maximum Gasteiger partial charge on any atom is 0.404 e. The Morgan fingerprint density at radius 2 is 2.40 bits per heavy atom. The molecule has 0 aliphatic rings. The Morgan fingerprint density at radius 3 is 2.80 bits per heavy atom. The minimum atomic E-state index is -1.16. The Bertz CT molecular complexity index is 168. The van der Waals surface area contributed by atoms with Crippen LogP contribution in [0.25, 0.3) is 0 Å². The summed E-state index contributed by atoms with van der Waals surface area (Å²) in [5.41, 5.74) is 0. The van der Waals surface area contributed by atoms with Gasteiger partial charge in [0, 0.05) is 0 Å². The molecule has 4 nitrogen and oxygen atoms in total. The third-order valence-corrected chi connectivity index (χ3v) is 0.758. The number of hydrogen-bond acceptors (Lipinski definition) is 2. The summed E-state index contributed by atoms with van der Waals surface area (Å²) in [6.07, 6.45) is -2.06. The van der Waals surface area contributed by atoms with Gasteiger partial charge in [-0.25, -0.2) is 4.79 Å². The van der Waals surface area contributed by atoms with Crippen LogP contribution in [-0.2, 0) is 0 Å². The van der Waals surface area contributed by atoms with E-state index in [1.54, 1.807) is 6.92 Å². The number of nitrogens with one attached hydrogen (secondary N) is 1. The van der Waals surface area contributed by atoms with E-state index in [1.165, 1.54) is 0 Å². The third kappa shape index (κ3) is 4.94. The molecule has 0 heterocycles. The largest absolute Gasteiger partial charge is 0.465 e. The lowest BCUT2D eigenvalue weighted by molar-refractivity contribution is 0.181. The van der Waals surface area contributed by atoms with Crippen LogP contribution in [-0.4, -0.2) is 29.0 Å². The van der Waals surface area contributed by atoms with E-state index in [-0.39, 0.29) is 6.54 Å². The van der Waals surface area contributed by atoms with Crippen molar-refractivity contribution in [2.24, 2.45) is 0 Å². The third-order valence-electron chi connectivity index (χ3n) is 0.758. The summed E-state index contributed by atoms with van der Waals surface area (Å²) in [6.45, 7) is 1.53.